The van der Waals surface area contributed by atoms with E-state index in [4.69, 9.17) is 14.3 Å². The Kier molecular flexibility index (Phi) is 7.91. The third-order valence-electron chi connectivity index (χ3n) is 7.15. The van der Waals surface area contributed by atoms with E-state index in [1.54, 1.807) is 13.8 Å². The van der Waals surface area contributed by atoms with Gasteiger partial charge in [0.1, 0.15) is 6.26 Å². The van der Waals surface area contributed by atoms with Crippen LogP contribution in [0.15, 0.2) is 34.9 Å². The summed E-state index contributed by atoms with van der Waals surface area (Å²) in [5.74, 6) is -0.394. The lowest BCUT2D eigenvalue weighted by Gasteiger charge is -2.26. The first-order valence-corrected chi connectivity index (χ1v) is 12.6. The zero-order valence-corrected chi connectivity index (χ0v) is 20.5. The largest absolute Gasteiger partial charge is 0.481 e. The minimum Gasteiger partial charge on any atom is -0.481 e. The summed E-state index contributed by atoms with van der Waals surface area (Å²) < 4.78 is 12.0. The van der Waals surface area contributed by atoms with Crippen LogP contribution < -0.4 is 5.32 Å². The number of amides is 1. The predicted octanol–water partition coefficient (Wildman–Crippen LogP) is 3.87. The molecule has 0 spiro atoms. The number of carboxylic acids is 1. The molecule has 1 aromatic carbocycles. The predicted molar refractivity (Wildman–Crippen MR) is 129 cm³/mol. The van der Waals surface area contributed by atoms with Crippen molar-refractivity contribution in [1.82, 2.24) is 10.3 Å². The Hall–Kier alpha value is -2.71. The van der Waals surface area contributed by atoms with Crippen molar-refractivity contribution in [3.63, 3.8) is 0 Å². The number of nitrogens with one attached hydrogen (secondary N) is 1. The highest BCUT2D eigenvalue weighted by Crippen LogP contribution is 2.50. The number of unbranched alkanes of at least 4 members (excludes halogenated alkanes) is 1. The van der Waals surface area contributed by atoms with Gasteiger partial charge in [0.05, 0.1) is 23.7 Å². The third-order valence-corrected chi connectivity index (χ3v) is 7.15. The number of carbonyl (C=O) groups is 2. The molecule has 2 fully saturated rings. The molecule has 0 radical (unpaired) electrons. The lowest BCUT2D eigenvalue weighted by molar-refractivity contribution is -0.136. The van der Waals surface area contributed by atoms with Crippen molar-refractivity contribution in [3.05, 3.63) is 53.2 Å². The van der Waals surface area contributed by atoms with Crippen LogP contribution in [0.5, 0.6) is 0 Å². The molecular weight excluding hydrogens is 448 g/mol. The summed E-state index contributed by atoms with van der Waals surface area (Å²) in [6, 6.07) is 7.99. The average Bonchev–Trinajstić information content (AvgIpc) is 3.54. The smallest absolute Gasteiger partial charge is 0.303 e. The fourth-order valence-corrected chi connectivity index (χ4v) is 5.39. The number of benzene rings is 1. The first kappa shape index (κ1) is 25.4. The zero-order valence-electron chi connectivity index (χ0n) is 20.5. The molecule has 8 heteroatoms. The number of hydrogen-bond donors (Lipinski definition) is 3. The van der Waals surface area contributed by atoms with Crippen LogP contribution in [0.25, 0.3) is 0 Å². The lowest BCUT2D eigenvalue weighted by atomic mass is 9.75. The zero-order chi connectivity index (χ0) is 25.0. The maximum atomic E-state index is 12.6. The van der Waals surface area contributed by atoms with Gasteiger partial charge in [-0.05, 0) is 69.9 Å². The molecule has 1 aromatic heterocycles. The SMILES string of the molecule is CC(C)(O)CCCCNC(=O)c1coc([C@H]2[C@@H](Cc3ccccc3CCC(=O)O)[C@@H]3CC[C@H]2O3)n1. The second kappa shape index (κ2) is 10.9. The van der Waals surface area contributed by atoms with Crippen LogP contribution >= 0.6 is 0 Å². The summed E-state index contributed by atoms with van der Waals surface area (Å²) in [5, 5.41) is 21.8. The van der Waals surface area contributed by atoms with Crippen LogP contribution in [-0.2, 0) is 22.4 Å². The quantitative estimate of drug-likeness (QED) is 0.391. The van der Waals surface area contributed by atoms with E-state index < -0.39 is 11.6 Å². The number of aryl methyl sites for hydroxylation is 1. The van der Waals surface area contributed by atoms with E-state index in [9.17, 15) is 14.7 Å². The van der Waals surface area contributed by atoms with E-state index in [0.717, 1.165) is 43.2 Å². The van der Waals surface area contributed by atoms with Crippen molar-refractivity contribution in [2.75, 3.05) is 6.54 Å². The van der Waals surface area contributed by atoms with Crippen molar-refractivity contribution in [2.45, 2.75) is 88.9 Å². The van der Waals surface area contributed by atoms with E-state index in [-0.39, 0.29) is 42.1 Å². The fourth-order valence-electron chi connectivity index (χ4n) is 5.39. The Morgan fingerprint density at radius 2 is 1.89 bits per heavy atom. The monoisotopic (exact) mass is 484 g/mol. The van der Waals surface area contributed by atoms with E-state index >= 15 is 0 Å². The molecule has 1 amide bonds. The highest BCUT2D eigenvalue weighted by Gasteiger charge is 2.51. The molecule has 2 saturated heterocycles. The number of aliphatic carboxylic acids is 1. The highest BCUT2D eigenvalue weighted by molar-refractivity contribution is 5.91. The summed E-state index contributed by atoms with van der Waals surface area (Å²) in [6.07, 6.45) is 7.13. The van der Waals surface area contributed by atoms with Gasteiger partial charge in [0.2, 0.25) is 5.89 Å². The van der Waals surface area contributed by atoms with Crippen molar-refractivity contribution in [1.29, 1.82) is 0 Å². The van der Waals surface area contributed by atoms with Crippen LogP contribution in [0.3, 0.4) is 0 Å². The molecule has 0 saturated carbocycles. The van der Waals surface area contributed by atoms with E-state index in [0.29, 0.717) is 25.3 Å². The van der Waals surface area contributed by atoms with Crippen molar-refractivity contribution in [2.24, 2.45) is 5.92 Å². The van der Waals surface area contributed by atoms with Crippen LogP contribution in [0.2, 0.25) is 0 Å². The summed E-state index contributed by atoms with van der Waals surface area (Å²) in [5.41, 5.74) is 1.76. The number of carbonyl (C=O) groups excluding carboxylic acids is 1. The second-order valence-electron chi connectivity index (χ2n) is 10.4. The van der Waals surface area contributed by atoms with Crippen molar-refractivity contribution < 1.29 is 29.0 Å². The van der Waals surface area contributed by atoms with E-state index in [2.05, 4.69) is 16.4 Å². The maximum Gasteiger partial charge on any atom is 0.303 e. The first-order chi connectivity index (χ1) is 16.7. The Labute approximate surface area is 206 Å². The fraction of sp³-hybridized carbons (Fsp3) is 0.593. The number of aromatic nitrogens is 1. The summed E-state index contributed by atoms with van der Waals surface area (Å²) in [7, 11) is 0. The van der Waals surface area contributed by atoms with Gasteiger partial charge in [-0.2, -0.15) is 0 Å². The number of fused-ring (bicyclic) bond motifs is 2. The van der Waals surface area contributed by atoms with Gasteiger partial charge >= 0.3 is 5.97 Å². The number of ether oxygens (including phenoxy) is 1. The highest BCUT2D eigenvalue weighted by atomic mass is 16.5. The van der Waals surface area contributed by atoms with E-state index in [1.165, 1.54) is 6.26 Å². The molecule has 190 valence electrons. The molecule has 3 heterocycles. The third kappa shape index (κ3) is 6.49. The van der Waals surface area contributed by atoms with Gasteiger partial charge in [0.15, 0.2) is 5.69 Å². The molecular formula is C27H36N2O6. The van der Waals surface area contributed by atoms with Crippen LogP contribution in [-0.4, -0.2) is 51.4 Å². The minimum atomic E-state index is -0.802. The summed E-state index contributed by atoms with van der Waals surface area (Å²) >= 11 is 0. The Bertz CT molecular complexity index is 1030. The number of nitrogens with zero attached hydrogens (tertiary/aromatic N) is 1. The normalized spacial score (nSPS) is 23.5. The minimum absolute atomic E-state index is 0.0209. The maximum absolute atomic E-state index is 12.6. The molecule has 0 aliphatic carbocycles. The first-order valence-electron chi connectivity index (χ1n) is 12.6. The number of hydrogen-bond acceptors (Lipinski definition) is 6. The lowest BCUT2D eigenvalue weighted by Crippen LogP contribution is -2.28. The molecule has 0 unspecified atom stereocenters. The molecule has 4 rings (SSSR count). The van der Waals surface area contributed by atoms with Gasteiger partial charge in [0, 0.05) is 18.9 Å². The number of oxazole rings is 1. The molecule has 8 nitrogen and oxygen atoms in total. The molecule has 4 atom stereocenters. The van der Waals surface area contributed by atoms with Gasteiger partial charge in [-0.3, -0.25) is 9.59 Å². The second-order valence-corrected chi connectivity index (χ2v) is 10.4. The van der Waals surface area contributed by atoms with Crippen molar-refractivity contribution >= 4 is 11.9 Å². The molecule has 2 aliphatic heterocycles. The van der Waals surface area contributed by atoms with Gasteiger partial charge in [-0.1, -0.05) is 24.3 Å². The average molecular weight is 485 g/mol. The van der Waals surface area contributed by atoms with Gasteiger partial charge in [-0.15, -0.1) is 0 Å². The number of rotatable bonds is 12. The molecule has 2 aromatic rings. The molecule has 35 heavy (non-hydrogen) atoms. The summed E-state index contributed by atoms with van der Waals surface area (Å²) in [4.78, 5) is 28.2. The van der Waals surface area contributed by atoms with Crippen LogP contribution in [0, 0.1) is 5.92 Å². The van der Waals surface area contributed by atoms with Gasteiger partial charge < -0.3 is 24.7 Å². The Balaban J connectivity index is 1.40. The summed E-state index contributed by atoms with van der Waals surface area (Å²) in [6.45, 7) is 4.08. The van der Waals surface area contributed by atoms with Crippen molar-refractivity contribution in [3.8, 4) is 0 Å². The molecule has 2 aliphatic rings. The van der Waals surface area contributed by atoms with E-state index in [1.807, 2.05) is 18.2 Å². The number of aliphatic hydroxyl groups is 1. The standard InChI is InChI=1S/C27H36N2O6/c1-27(2,33)13-5-6-14-28-25(32)20-16-34-26(29-20)24-19(21-10-11-22(24)35-21)15-18-8-4-3-7-17(18)9-12-23(30)31/h3-4,7-8,16,19,21-22,24,33H,5-6,9-15H2,1-2H3,(H,28,32)(H,30,31)/t19-,21-,22+,24-/m0/s1. The molecule has 2 bridgehead atoms. The van der Waals surface area contributed by atoms with Gasteiger partial charge in [-0.25, -0.2) is 4.98 Å². The number of carboxylic acid groups (broad SMARTS) is 1. The van der Waals surface area contributed by atoms with Crippen LogP contribution in [0.1, 0.15) is 85.8 Å². The van der Waals surface area contributed by atoms with Crippen LogP contribution in [0.4, 0.5) is 0 Å². The molecule has 3 N–H and O–H groups in total. The Morgan fingerprint density at radius 1 is 1.14 bits per heavy atom. The Morgan fingerprint density at radius 3 is 2.63 bits per heavy atom. The topological polar surface area (TPSA) is 122 Å². The van der Waals surface area contributed by atoms with Gasteiger partial charge in [0.25, 0.3) is 5.91 Å².